The van der Waals surface area contributed by atoms with E-state index in [1.54, 1.807) is 10.9 Å². The summed E-state index contributed by atoms with van der Waals surface area (Å²) in [5.41, 5.74) is 5.67. The lowest BCUT2D eigenvalue weighted by Crippen LogP contribution is -2.15. The zero-order valence-corrected chi connectivity index (χ0v) is 10.1. The number of hydrogen-bond acceptors (Lipinski definition) is 5. The fourth-order valence-corrected chi connectivity index (χ4v) is 1.44. The third kappa shape index (κ3) is 2.10. The van der Waals surface area contributed by atoms with Crippen LogP contribution in [0.15, 0.2) is 29.9 Å². The van der Waals surface area contributed by atoms with E-state index in [9.17, 15) is 0 Å². The van der Waals surface area contributed by atoms with E-state index in [0.717, 1.165) is 3.57 Å². The lowest BCUT2D eigenvalue weighted by atomic mass is 10.4. The van der Waals surface area contributed by atoms with E-state index in [0.29, 0.717) is 11.5 Å². The van der Waals surface area contributed by atoms with Crippen LogP contribution >= 0.6 is 22.6 Å². The van der Waals surface area contributed by atoms with Gasteiger partial charge in [0.05, 0.1) is 22.2 Å². The molecule has 0 spiro atoms. The molecule has 0 aromatic carbocycles. The molecule has 0 bridgehead atoms. The Bertz CT molecular complexity index is 520. The summed E-state index contributed by atoms with van der Waals surface area (Å²) in [7, 11) is 0. The number of amidine groups is 1. The van der Waals surface area contributed by atoms with Gasteiger partial charge in [0.2, 0.25) is 0 Å². The molecule has 8 heteroatoms. The normalized spacial score (nSPS) is 11.7. The predicted molar refractivity (Wildman–Crippen MR) is 64.4 cm³/mol. The smallest absolute Gasteiger partial charge is 0.190 e. The van der Waals surface area contributed by atoms with E-state index in [1.807, 2.05) is 6.20 Å². The van der Waals surface area contributed by atoms with E-state index in [1.165, 1.54) is 12.4 Å². The minimum atomic E-state index is -0.0749. The average Bonchev–Trinajstić information content (AvgIpc) is 2.75. The Hall–Kier alpha value is -1.71. The number of aromatic nitrogens is 4. The molecule has 82 valence electrons. The number of oxime groups is 1. The lowest BCUT2D eigenvalue weighted by molar-refractivity contribution is 0.318. The van der Waals surface area contributed by atoms with Crippen molar-refractivity contribution in [1.82, 2.24) is 19.7 Å². The van der Waals surface area contributed by atoms with Gasteiger partial charge in [0.15, 0.2) is 11.7 Å². The minimum Gasteiger partial charge on any atom is -0.409 e. The van der Waals surface area contributed by atoms with Gasteiger partial charge in [-0.3, -0.25) is 0 Å². The van der Waals surface area contributed by atoms with Crippen molar-refractivity contribution in [3.8, 4) is 5.82 Å². The molecule has 2 aromatic rings. The first-order valence-corrected chi connectivity index (χ1v) is 5.29. The second kappa shape index (κ2) is 4.43. The predicted octanol–water partition coefficient (Wildman–Crippen LogP) is 0.361. The van der Waals surface area contributed by atoms with Gasteiger partial charge < -0.3 is 10.9 Å². The summed E-state index contributed by atoms with van der Waals surface area (Å²) >= 11 is 2.15. The van der Waals surface area contributed by atoms with Crippen LogP contribution in [-0.4, -0.2) is 30.8 Å². The number of hydrogen-bond donors (Lipinski definition) is 2. The second-order valence-electron chi connectivity index (χ2n) is 2.85. The second-order valence-corrected chi connectivity index (χ2v) is 4.09. The van der Waals surface area contributed by atoms with Crippen molar-refractivity contribution >= 4 is 28.4 Å². The van der Waals surface area contributed by atoms with Crippen LogP contribution in [0, 0.1) is 3.57 Å². The maximum atomic E-state index is 8.45. The van der Waals surface area contributed by atoms with Gasteiger partial charge >= 0.3 is 0 Å². The molecule has 2 heterocycles. The molecule has 16 heavy (non-hydrogen) atoms. The summed E-state index contributed by atoms with van der Waals surface area (Å²) in [4.78, 5) is 8.09. The van der Waals surface area contributed by atoms with Gasteiger partial charge in [-0.05, 0) is 22.6 Å². The van der Waals surface area contributed by atoms with Gasteiger partial charge in [-0.1, -0.05) is 5.16 Å². The highest BCUT2D eigenvalue weighted by molar-refractivity contribution is 14.1. The van der Waals surface area contributed by atoms with Crippen LogP contribution in [0.1, 0.15) is 5.69 Å². The van der Waals surface area contributed by atoms with Crippen LogP contribution < -0.4 is 5.73 Å². The molecular weight excluding hydrogens is 323 g/mol. The fraction of sp³-hybridized carbons (Fsp3) is 0. The van der Waals surface area contributed by atoms with E-state index < -0.39 is 0 Å². The molecule has 0 aliphatic heterocycles. The van der Waals surface area contributed by atoms with Crippen LogP contribution in [0.5, 0.6) is 0 Å². The molecular formula is C8H7IN6O. The first-order valence-electron chi connectivity index (χ1n) is 4.21. The molecule has 0 saturated carbocycles. The highest BCUT2D eigenvalue weighted by atomic mass is 127. The molecule has 2 rings (SSSR count). The Morgan fingerprint density at radius 1 is 1.38 bits per heavy atom. The highest BCUT2D eigenvalue weighted by Crippen LogP contribution is 2.06. The monoisotopic (exact) mass is 330 g/mol. The lowest BCUT2D eigenvalue weighted by Gasteiger charge is -2.00. The van der Waals surface area contributed by atoms with Crippen molar-refractivity contribution in [2.45, 2.75) is 0 Å². The van der Waals surface area contributed by atoms with Gasteiger partial charge in [0.25, 0.3) is 0 Å². The van der Waals surface area contributed by atoms with Crippen LogP contribution in [-0.2, 0) is 0 Å². The largest absolute Gasteiger partial charge is 0.409 e. The first-order chi connectivity index (χ1) is 7.70. The molecule has 0 amide bonds. The maximum Gasteiger partial charge on any atom is 0.190 e. The van der Waals surface area contributed by atoms with Gasteiger partial charge in [-0.2, -0.15) is 5.10 Å². The van der Waals surface area contributed by atoms with Crippen molar-refractivity contribution in [1.29, 1.82) is 0 Å². The van der Waals surface area contributed by atoms with E-state index in [2.05, 4.69) is 42.8 Å². The van der Waals surface area contributed by atoms with Crippen LogP contribution in [0.2, 0.25) is 0 Å². The van der Waals surface area contributed by atoms with Gasteiger partial charge in [-0.25, -0.2) is 14.6 Å². The van der Waals surface area contributed by atoms with Crippen LogP contribution in [0.3, 0.4) is 0 Å². The summed E-state index contributed by atoms with van der Waals surface area (Å²) in [5.74, 6) is 0.492. The van der Waals surface area contributed by atoms with Crippen molar-refractivity contribution in [2.75, 3.05) is 0 Å². The standard InChI is InChI=1S/C8H7IN6O/c9-5-1-13-15(4-5)7-3-11-6(2-12-7)8(10)14-16/h1-4,16H,(H2,10,14). The summed E-state index contributed by atoms with van der Waals surface area (Å²) in [6.07, 6.45) is 6.43. The quantitative estimate of drug-likeness (QED) is 0.272. The van der Waals surface area contributed by atoms with E-state index in [-0.39, 0.29) is 5.84 Å². The Balaban J connectivity index is 2.33. The third-order valence-corrected chi connectivity index (χ3v) is 2.35. The van der Waals surface area contributed by atoms with Crippen molar-refractivity contribution < 1.29 is 5.21 Å². The molecule has 2 aromatic heterocycles. The zero-order chi connectivity index (χ0) is 11.5. The molecule has 0 fully saturated rings. The fourth-order valence-electron chi connectivity index (χ4n) is 1.05. The summed E-state index contributed by atoms with van der Waals surface area (Å²) in [6.45, 7) is 0. The van der Waals surface area contributed by atoms with Crippen LogP contribution in [0.25, 0.3) is 5.82 Å². The molecule has 0 saturated heterocycles. The van der Waals surface area contributed by atoms with Gasteiger partial charge in [0, 0.05) is 6.20 Å². The maximum absolute atomic E-state index is 8.45. The minimum absolute atomic E-state index is 0.0749. The molecule has 0 atom stereocenters. The Morgan fingerprint density at radius 3 is 2.69 bits per heavy atom. The zero-order valence-electron chi connectivity index (χ0n) is 7.95. The SMILES string of the molecule is NC(=NO)c1cnc(-n2cc(I)cn2)cn1. The Kier molecular flexibility index (Phi) is 2.99. The highest BCUT2D eigenvalue weighted by Gasteiger charge is 2.04. The van der Waals surface area contributed by atoms with Gasteiger partial charge in [-0.15, -0.1) is 0 Å². The molecule has 7 nitrogen and oxygen atoms in total. The van der Waals surface area contributed by atoms with Crippen molar-refractivity contribution in [3.05, 3.63) is 34.1 Å². The topological polar surface area (TPSA) is 102 Å². The number of halogens is 1. The van der Waals surface area contributed by atoms with Crippen LogP contribution in [0.4, 0.5) is 0 Å². The van der Waals surface area contributed by atoms with Gasteiger partial charge in [0.1, 0.15) is 5.69 Å². The molecule has 0 aliphatic rings. The van der Waals surface area contributed by atoms with Crippen molar-refractivity contribution in [3.63, 3.8) is 0 Å². The third-order valence-electron chi connectivity index (χ3n) is 1.79. The summed E-state index contributed by atoms with van der Waals surface area (Å²) < 4.78 is 2.59. The number of nitrogens with two attached hydrogens (primary N) is 1. The Labute approximate surface area is 104 Å². The van der Waals surface area contributed by atoms with Crippen molar-refractivity contribution in [2.24, 2.45) is 10.9 Å². The summed E-state index contributed by atoms with van der Waals surface area (Å²) in [5, 5.41) is 15.4. The summed E-state index contributed by atoms with van der Waals surface area (Å²) in [6, 6.07) is 0. The number of nitrogens with zero attached hydrogens (tertiary/aromatic N) is 5. The molecule has 3 N–H and O–H groups in total. The number of rotatable bonds is 2. The Morgan fingerprint density at radius 2 is 2.19 bits per heavy atom. The molecule has 0 aliphatic carbocycles. The first kappa shape index (κ1) is 10.8. The van der Waals surface area contributed by atoms with E-state index >= 15 is 0 Å². The van der Waals surface area contributed by atoms with E-state index in [4.69, 9.17) is 10.9 Å². The molecule has 0 radical (unpaired) electrons. The average molecular weight is 330 g/mol. The molecule has 0 unspecified atom stereocenters.